The molecule has 6 aliphatic rings. The summed E-state index contributed by atoms with van der Waals surface area (Å²) >= 11 is 0. The number of allylic oxidation sites excluding steroid dienone is 2. The Bertz CT molecular complexity index is 765. The smallest absolute Gasteiger partial charge is 0.232 e. The number of piperidine rings is 2. The zero-order chi connectivity index (χ0) is 19.1. The molecular formula is C21H28FN3O2. The van der Waals surface area contributed by atoms with Crippen molar-refractivity contribution in [2.45, 2.75) is 76.1 Å². The van der Waals surface area contributed by atoms with Crippen LogP contribution in [0.2, 0.25) is 0 Å². The van der Waals surface area contributed by atoms with Gasteiger partial charge in [0.2, 0.25) is 5.91 Å². The summed E-state index contributed by atoms with van der Waals surface area (Å²) in [4.78, 5) is 15.5. The van der Waals surface area contributed by atoms with Crippen LogP contribution in [0, 0.1) is 11.3 Å². The van der Waals surface area contributed by atoms with E-state index in [1.165, 1.54) is 6.08 Å². The van der Waals surface area contributed by atoms with Gasteiger partial charge < -0.3 is 10.0 Å². The lowest BCUT2D eigenvalue weighted by Gasteiger charge is -2.63. The van der Waals surface area contributed by atoms with Gasteiger partial charge in [0.15, 0.2) is 0 Å². The molecule has 27 heavy (non-hydrogen) atoms. The molecule has 0 aromatic rings. The van der Waals surface area contributed by atoms with Crippen molar-refractivity contribution in [2.24, 2.45) is 16.4 Å². The second-order valence-corrected chi connectivity index (χ2v) is 9.78. The number of hydrogen-bond acceptors (Lipinski definition) is 4. The molecule has 4 unspecified atom stereocenters. The summed E-state index contributed by atoms with van der Waals surface area (Å²) in [5, 5.41) is 17.3. The lowest BCUT2D eigenvalue weighted by atomic mass is 9.54. The summed E-state index contributed by atoms with van der Waals surface area (Å²) in [7, 11) is 1.85. The molecule has 3 heterocycles. The van der Waals surface area contributed by atoms with E-state index in [-0.39, 0.29) is 35.3 Å². The minimum absolute atomic E-state index is 0.0404. The van der Waals surface area contributed by atoms with Crippen LogP contribution in [0.3, 0.4) is 0 Å². The number of carbonyl (C=O) groups is 1. The number of aliphatic hydroxyl groups is 1. The number of carbonyl (C=O) groups excluding carboxylic acids is 1. The quantitative estimate of drug-likeness (QED) is 0.810. The summed E-state index contributed by atoms with van der Waals surface area (Å²) in [5.74, 6) is -0.695. The fourth-order valence-corrected chi connectivity index (χ4v) is 6.71. The van der Waals surface area contributed by atoms with E-state index < -0.39 is 11.5 Å². The monoisotopic (exact) mass is 373 g/mol. The third-order valence-electron chi connectivity index (χ3n) is 7.47. The van der Waals surface area contributed by atoms with Crippen LogP contribution < -0.4 is 0 Å². The predicted molar refractivity (Wildman–Crippen MR) is 101 cm³/mol. The van der Waals surface area contributed by atoms with E-state index in [4.69, 9.17) is 0 Å². The summed E-state index contributed by atoms with van der Waals surface area (Å²) < 4.78 is 14.5. The normalized spacial score (nSPS) is 43.3. The van der Waals surface area contributed by atoms with Crippen molar-refractivity contribution in [1.82, 2.24) is 9.91 Å². The van der Waals surface area contributed by atoms with Crippen LogP contribution in [0.5, 0.6) is 0 Å². The maximum absolute atomic E-state index is 14.5. The van der Waals surface area contributed by atoms with Gasteiger partial charge in [0.1, 0.15) is 5.83 Å². The first kappa shape index (κ1) is 17.4. The topological polar surface area (TPSA) is 56.1 Å². The van der Waals surface area contributed by atoms with Crippen LogP contribution in [0.15, 0.2) is 28.7 Å². The van der Waals surface area contributed by atoms with Crippen LogP contribution in [-0.2, 0) is 4.79 Å². The average molecular weight is 373 g/mol. The van der Waals surface area contributed by atoms with Crippen molar-refractivity contribution >= 4 is 11.6 Å². The fraction of sp³-hybridized carbons (Fsp3) is 0.714. The molecule has 6 rings (SSSR count). The number of fused-ring (bicyclic) bond motifs is 1. The largest absolute Gasteiger partial charge is 0.390 e. The molecule has 4 atom stereocenters. The fourth-order valence-electron chi connectivity index (χ4n) is 6.71. The first-order valence-corrected chi connectivity index (χ1v) is 10.1. The Morgan fingerprint density at radius 1 is 1.33 bits per heavy atom. The molecule has 146 valence electrons. The summed E-state index contributed by atoms with van der Waals surface area (Å²) in [5.41, 5.74) is 0.684. The molecule has 0 spiro atoms. The third kappa shape index (κ3) is 2.45. The molecule has 2 saturated heterocycles. The highest BCUT2D eigenvalue weighted by Gasteiger charge is 2.60. The highest BCUT2D eigenvalue weighted by atomic mass is 19.1. The number of nitrogens with zero attached hydrogens (tertiary/aromatic N) is 3. The van der Waals surface area contributed by atoms with Crippen molar-refractivity contribution in [2.75, 3.05) is 7.05 Å². The zero-order valence-electron chi connectivity index (χ0n) is 16.3. The van der Waals surface area contributed by atoms with E-state index in [0.717, 1.165) is 19.3 Å². The predicted octanol–water partition coefficient (Wildman–Crippen LogP) is 2.77. The summed E-state index contributed by atoms with van der Waals surface area (Å²) in [6.45, 7) is 4.11. The first-order valence-electron chi connectivity index (χ1n) is 10.1. The van der Waals surface area contributed by atoms with Gasteiger partial charge in [-0.05, 0) is 56.9 Å². The zero-order valence-corrected chi connectivity index (χ0v) is 16.3. The molecule has 0 radical (unpaired) electrons. The van der Waals surface area contributed by atoms with Crippen LogP contribution >= 0.6 is 0 Å². The molecule has 0 aromatic carbocycles. The van der Waals surface area contributed by atoms with Gasteiger partial charge in [-0.2, -0.15) is 5.10 Å². The van der Waals surface area contributed by atoms with E-state index in [2.05, 4.69) is 12.0 Å². The van der Waals surface area contributed by atoms with Gasteiger partial charge in [-0.1, -0.05) is 13.0 Å². The standard InChI is InChI=1S/C21H28FN3O2/c1-12(18-17-15(22)5-4-6-16(17)24(3)23-18)19(26)25-13-7-20(2)8-14(25)10-21(27,9-13)11-20/h4-5,12-14,16,27H,6-11H2,1-3H3. The van der Waals surface area contributed by atoms with Gasteiger partial charge in [0.05, 0.1) is 23.3 Å². The molecule has 3 aliphatic heterocycles. The SMILES string of the molecule is CC(C(=O)N1C2CC3(C)CC1CC(O)(C2)C3)C1=NN(C)C2CC=CC(F)=C12. The highest BCUT2D eigenvalue weighted by Crippen LogP contribution is 2.57. The lowest BCUT2D eigenvalue weighted by Crippen LogP contribution is -2.69. The van der Waals surface area contributed by atoms with E-state index in [9.17, 15) is 14.3 Å². The summed E-state index contributed by atoms with van der Waals surface area (Å²) in [6, 6.07) is 0.0852. The molecule has 4 fully saturated rings. The van der Waals surface area contributed by atoms with Crippen LogP contribution in [0.4, 0.5) is 4.39 Å². The molecular weight excluding hydrogens is 345 g/mol. The third-order valence-corrected chi connectivity index (χ3v) is 7.47. The average Bonchev–Trinajstić information content (AvgIpc) is 2.89. The molecule has 3 aliphatic carbocycles. The van der Waals surface area contributed by atoms with E-state index in [0.29, 0.717) is 30.5 Å². The van der Waals surface area contributed by atoms with Gasteiger partial charge in [-0.25, -0.2) is 4.39 Å². The van der Waals surface area contributed by atoms with Crippen molar-refractivity contribution in [3.05, 3.63) is 23.6 Å². The van der Waals surface area contributed by atoms with Gasteiger partial charge >= 0.3 is 0 Å². The van der Waals surface area contributed by atoms with Crippen molar-refractivity contribution in [3.8, 4) is 0 Å². The molecule has 1 N–H and O–H groups in total. The Hall–Kier alpha value is -1.69. The molecule has 0 aromatic heterocycles. The molecule has 5 nitrogen and oxygen atoms in total. The molecule has 2 saturated carbocycles. The number of halogens is 1. The first-order chi connectivity index (χ1) is 12.7. The Morgan fingerprint density at radius 2 is 2.00 bits per heavy atom. The maximum Gasteiger partial charge on any atom is 0.232 e. The second kappa shape index (κ2) is 5.43. The number of amides is 1. The lowest BCUT2D eigenvalue weighted by molar-refractivity contribution is -0.194. The minimum atomic E-state index is -0.612. The molecule has 6 heteroatoms. The molecule has 4 bridgehead atoms. The number of likely N-dealkylation sites (N-methyl/N-ethyl adjacent to an activating group) is 1. The van der Waals surface area contributed by atoms with Crippen molar-refractivity contribution in [3.63, 3.8) is 0 Å². The number of rotatable bonds is 2. The van der Waals surface area contributed by atoms with Crippen LogP contribution in [-0.4, -0.2) is 57.4 Å². The highest BCUT2D eigenvalue weighted by molar-refractivity contribution is 6.14. The van der Waals surface area contributed by atoms with Crippen molar-refractivity contribution in [1.29, 1.82) is 0 Å². The van der Waals surface area contributed by atoms with E-state index >= 15 is 0 Å². The number of hydrazone groups is 1. The van der Waals surface area contributed by atoms with Crippen LogP contribution in [0.1, 0.15) is 52.4 Å². The second-order valence-electron chi connectivity index (χ2n) is 9.78. The van der Waals surface area contributed by atoms with Crippen LogP contribution in [0.25, 0.3) is 0 Å². The summed E-state index contributed by atoms with van der Waals surface area (Å²) in [6.07, 6.45) is 8.16. The van der Waals surface area contributed by atoms with Gasteiger partial charge in [-0.15, -0.1) is 0 Å². The van der Waals surface area contributed by atoms with E-state index in [1.54, 1.807) is 5.01 Å². The van der Waals surface area contributed by atoms with Gasteiger partial charge in [0.25, 0.3) is 0 Å². The molecule has 1 amide bonds. The Kier molecular flexibility index (Phi) is 3.50. The Balaban J connectivity index is 1.44. The number of hydrogen-bond donors (Lipinski definition) is 1. The Morgan fingerprint density at radius 3 is 2.63 bits per heavy atom. The van der Waals surface area contributed by atoms with Gasteiger partial charge in [0, 0.05) is 24.7 Å². The van der Waals surface area contributed by atoms with E-state index in [1.807, 2.05) is 24.9 Å². The Labute approximate surface area is 159 Å². The maximum atomic E-state index is 14.5. The van der Waals surface area contributed by atoms with Gasteiger partial charge in [-0.3, -0.25) is 9.80 Å². The van der Waals surface area contributed by atoms with Crippen molar-refractivity contribution < 1.29 is 14.3 Å². The minimum Gasteiger partial charge on any atom is -0.390 e.